The lowest BCUT2D eigenvalue weighted by atomic mass is 10.1. The summed E-state index contributed by atoms with van der Waals surface area (Å²) in [5.74, 6) is -0.788. The largest absolute Gasteiger partial charge is 0.416 e. The number of nitrogens with one attached hydrogen (secondary N) is 1. The van der Waals surface area contributed by atoms with Crippen LogP contribution in [0.3, 0.4) is 0 Å². The number of rotatable bonds is 2. The molecule has 1 N–H and O–H groups in total. The van der Waals surface area contributed by atoms with Crippen LogP contribution in [0, 0.1) is 13.8 Å². The summed E-state index contributed by atoms with van der Waals surface area (Å²) in [6, 6.07) is 4.09. The van der Waals surface area contributed by atoms with E-state index in [-0.39, 0.29) is 11.3 Å². The second-order valence-corrected chi connectivity index (χ2v) is 8.96. The van der Waals surface area contributed by atoms with E-state index >= 15 is 0 Å². The fourth-order valence-electron chi connectivity index (χ4n) is 2.55. The first kappa shape index (κ1) is 19.4. The molecule has 1 aromatic carbocycles. The molecule has 0 atom stereocenters. The van der Waals surface area contributed by atoms with Crippen molar-refractivity contribution in [3.05, 3.63) is 45.8 Å². The van der Waals surface area contributed by atoms with Crippen molar-refractivity contribution in [2.75, 3.05) is 16.8 Å². The number of fused-ring (bicyclic) bond motifs is 1. The number of aryl methyl sites for hydroxylation is 1. The Morgan fingerprint density at radius 2 is 1.89 bits per heavy atom. The first-order valence-corrected chi connectivity index (χ1v) is 9.85. The minimum absolute atomic E-state index is 0.0907. The number of anilines is 2. The molecule has 2 aromatic rings. The Balaban J connectivity index is 2.04. The first-order chi connectivity index (χ1) is 12.4. The standard InChI is InChI=1S/C16H14F3N3O3S2/c1-8-9(2)26-15-12(8)13(23)14(27(24,25)22(15)3)21-20-11-6-4-5-10(7-11)16(17,18)19/h4-7,20H,1-3H3. The maximum atomic E-state index is 12.8. The Hall–Kier alpha value is -2.40. The van der Waals surface area contributed by atoms with Gasteiger partial charge in [-0.25, -0.2) is 0 Å². The molecule has 144 valence electrons. The normalized spacial score (nSPS) is 17.9. The van der Waals surface area contributed by atoms with Gasteiger partial charge in [0, 0.05) is 11.9 Å². The zero-order valence-corrected chi connectivity index (χ0v) is 16.0. The van der Waals surface area contributed by atoms with Gasteiger partial charge in [0.1, 0.15) is 5.00 Å². The maximum Gasteiger partial charge on any atom is 0.416 e. The Labute approximate surface area is 157 Å². The fourth-order valence-corrected chi connectivity index (χ4v) is 5.04. The van der Waals surface area contributed by atoms with Gasteiger partial charge in [-0.3, -0.25) is 14.5 Å². The SMILES string of the molecule is Cc1sc2c(c1C)C(=O)C(=NNc1cccc(C(F)(F)F)c1)S(=O)(=O)N2C. The Bertz CT molecular complexity index is 1070. The molecule has 0 bridgehead atoms. The number of thiophene rings is 1. The van der Waals surface area contributed by atoms with Crippen LogP contribution in [-0.2, 0) is 16.2 Å². The van der Waals surface area contributed by atoms with Crippen molar-refractivity contribution in [2.24, 2.45) is 5.10 Å². The summed E-state index contributed by atoms with van der Waals surface area (Å²) in [6.07, 6.45) is -4.56. The van der Waals surface area contributed by atoms with Gasteiger partial charge >= 0.3 is 6.18 Å². The van der Waals surface area contributed by atoms with Gasteiger partial charge in [-0.2, -0.15) is 26.7 Å². The van der Waals surface area contributed by atoms with Crippen LogP contribution in [0.4, 0.5) is 23.9 Å². The van der Waals surface area contributed by atoms with Gasteiger partial charge in [-0.15, -0.1) is 11.3 Å². The average molecular weight is 417 g/mol. The van der Waals surface area contributed by atoms with E-state index in [4.69, 9.17) is 0 Å². The van der Waals surface area contributed by atoms with Gasteiger partial charge in [0.2, 0.25) is 10.8 Å². The molecule has 3 rings (SSSR count). The molecular weight excluding hydrogens is 403 g/mol. The van der Waals surface area contributed by atoms with Crippen molar-refractivity contribution >= 4 is 42.9 Å². The second-order valence-electron chi connectivity index (χ2n) is 5.87. The molecule has 1 aliphatic heterocycles. The quantitative estimate of drug-likeness (QED) is 0.755. The molecule has 6 nitrogen and oxygen atoms in total. The van der Waals surface area contributed by atoms with Crippen molar-refractivity contribution in [1.29, 1.82) is 0 Å². The van der Waals surface area contributed by atoms with E-state index in [1.807, 2.05) is 0 Å². The van der Waals surface area contributed by atoms with Crippen molar-refractivity contribution in [1.82, 2.24) is 0 Å². The van der Waals surface area contributed by atoms with Crippen molar-refractivity contribution in [3.8, 4) is 0 Å². The summed E-state index contributed by atoms with van der Waals surface area (Å²) in [4.78, 5) is 13.5. The lowest BCUT2D eigenvalue weighted by Gasteiger charge is -2.24. The number of hydrazone groups is 1. The highest BCUT2D eigenvalue weighted by atomic mass is 32.2. The van der Waals surface area contributed by atoms with E-state index < -0.39 is 32.6 Å². The molecule has 1 aromatic heterocycles. The van der Waals surface area contributed by atoms with Gasteiger partial charge in [-0.1, -0.05) is 6.07 Å². The van der Waals surface area contributed by atoms with E-state index in [0.717, 1.165) is 27.4 Å². The summed E-state index contributed by atoms with van der Waals surface area (Å²) in [5, 5.41) is 3.17. The molecule has 27 heavy (non-hydrogen) atoms. The number of ketones is 1. The monoisotopic (exact) mass is 417 g/mol. The minimum Gasteiger partial charge on any atom is -0.286 e. The fraction of sp³-hybridized carbons (Fsp3) is 0.250. The smallest absolute Gasteiger partial charge is 0.286 e. The number of carbonyl (C=O) groups is 1. The number of nitrogens with zero attached hydrogens (tertiary/aromatic N) is 2. The molecular formula is C16H14F3N3O3S2. The van der Waals surface area contributed by atoms with Crippen LogP contribution in [0.25, 0.3) is 0 Å². The number of halogens is 3. The molecule has 11 heteroatoms. The van der Waals surface area contributed by atoms with E-state index in [9.17, 15) is 26.4 Å². The Morgan fingerprint density at radius 1 is 1.22 bits per heavy atom. The van der Waals surface area contributed by atoms with Crippen LogP contribution in [0.1, 0.15) is 26.4 Å². The van der Waals surface area contributed by atoms with Gasteiger partial charge in [-0.05, 0) is 37.6 Å². The minimum atomic E-state index is -4.56. The third-order valence-electron chi connectivity index (χ3n) is 4.16. The molecule has 0 saturated heterocycles. The van der Waals surface area contributed by atoms with Crippen molar-refractivity contribution < 1.29 is 26.4 Å². The van der Waals surface area contributed by atoms with E-state index in [1.54, 1.807) is 13.8 Å². The number of alkyl halides is 3. The van der Waals surface area contributed by atoms with Crippen LogP contribution in [-0.4, -0.2) is 26.3 Å². The van der Waals surface area contributed by atoms with E-state index in [0.29, 0.717) is 10.6 Å². The van der Waals surface area contributed by atoms with Gasteiger partial charge < -0.3 is 0 Å². The number of carbonyl (C=O) groups excluding carboxylic acids is 1. The molecule has 0 amide bonds. The summed E-state index contributed by atoms with van der Waals surface area (Å²) in [6.45, 7) is 3.47. The predicted molar refractivity (Wildman–Crippen MR) is 97.9 cm³/mol. The van der Waals surface area contributed by atoms with E-state index in [1.165, 1.54) is 24.5 Å². The number of benzene rings is 1. The lowest BCUT2D eigenvalue weighted by Crippen LogP contribution is -2.42. The highest BCUT2D eigenvalue weighted by Crippen LogP contribution is 2.40. The van der Waals surface area contributed by atoms with Crippen LogP contribution in [0.5, 0.6) is 0 Å². The number of sulfonamides is 1. The summed E-state index contributed by atoms with van der Waals surface area (Å²) >= 11 is 1.18. The van der Waals surface area contributed by atoms with Crippen LogP contribution >= 0.6 is 11.3 Å². The highest BCUT2D eigenvalue weighted by Gasteiger charge is 2.42. The third kappa shape index (κ3) is 3.21. The second kappa shape index (κ2) is 6.34. The zero-order valence-electron chi connectivity index (χ0n) is 14.4. The van der Waals surface area contributed by atoms with Crippen LogP contribution < -0.4 is 9.73 Å². The summed E-state index contributed by atoms with van der Waals surface area (Å²) in [7, 11) is -2.92. The van der Waals surface area contributed by atoms with Crippen LogP contribution in [0.2, 0.25) is 0 Å². The van der Waals surface area contributed by atoms with Crippen molar-refractivity contribution in [3.63, 3.8) is 0 Å². The number of hydrogen-bond donors (Lipinski definition) is 1. The van der Waals surface area contributed by atoms with Gasteiger partial charge in [0.15, 0.2) is 0 Å². The Morgan fingerprint density at radius 3 is 2.52 bits per heavy atom. The lowest BCUT2D eigenvalue weighted by molar-refractivity contribution is -0.137. The molecule has 2 heterocycles. The summed E-state index contributed by atoms with van der Waals surface area (Å²) < 4.78 is 64.6. The molecule has 1 aliphatic rings. The summed E-state index contributed by atoms with van der Waals surface area (Å²) in [5.41, 5.74) is 2.12. The molecule has 0 aliphatic carbocycles. The van der Waals surface area contributed by atoms with Crippen LogP contribution in [0.15, 0.2) is 29.4 Å². The molecule has 0 unspecified atom stereocenters. The predicted octanol–water partition coefficient (Wildman–Crippen LogP) is 3.77. The molecule has 0 radical (unpaired) electrons. The van der Waals surface area contributed by atoms with Gasteiger partial charge in [0.05, 0.1) is 16.8 Å². The number of Topliss-reactive ketones (excluding diaryl/α,β-unsaturated/α-hetero) is 1. The highest BCUT2D eigenvalue weighted by molar-refractivity contribution is 8.09. The third-order valence-corrected chi connectivity index (χ3v) is 7.22. The topological polar surface area (TPSA) is 78.8 Å². The van der Waals surface area contributed by atoms with E-state index in [2.05, 4.69) is 10.5 Å². The first-order valence-electron chi connectivity index (χ1n) is 7.59. The molecule has 0 saturated carbocycles. The van der Waals surface area contributed by atoms with Gasteiger partial charge in [0.25, 0.3) is 10.0 Å². The molecule has 0 fully saturated rings. The average Bonchev–Trinajstić information content (AvgIpc) is 2.88. The maximum absolute atomic E-state index is 12.8. The Kier molecular flexibility index (Phi) is 4.55. The van der Waals surface area contributed by atoms with Crippen molar-refractivity contribution in [2.45, 2.75) is 20.0 Å². The number of hydrogen-bond acceptors (Lipinski definition) is 6. The molecule has 0 spiro atoms. The zero-order chi connectivity index (χ0) is 20.1.